The first-order valence-corrected chi connectivity index (χ1v) is 14.3. The van der Waals surface area contributed by atoms with E-state index < -0.39 is 28.1 Å². The van der Waals surface area contributed by atoms with Crippen molar-refractivity contribution in [3.8, 4) is 0 Å². The predicted molar refractivity (Wildman–Crippen MR) is 139 cm³/mol. The van der Waals surface area contributed by atoms with Gasteiger partial charge in [-0.15, -0.1) is 11.3 Å². The van der Waals surface area contributed by atoms with Crippen molar-refractivity contribution >= 4 is 27.3 Å². The number of aryl methyl sites for hydroxylation is 3. The van der Waals surface area contributed by atoms with E-state index in [0.717, 1.165) is 29.7 Å². The van der Waals surface area contributed by atoms with Crippen molar-refractivity contribution in [2.24, 2.45) is 5.92 Å². The van der Waals surface area contributed by atoms with Crippen LogP contribution in [0.5, 0.6) is 0 Å². The third-order valence-corrected chi connectivity index (χ3v) is 9.68. The lowest BCUT2D eigenvalue weighted by Gasteiger charge is -2.29. The topological polar surface area (TPSA) is 112 Å². The minimum Gasteiger partial charge on any atom is -0.390 e. The zero-order valence-electron chi connectivity index (χ0n) is 20.7. The van der Waals surface area contributed by atoms with Gasteiger partial charge in [0.15, 0.2) is 4.21 Å². The van der Waals surface area contributed by atoms with Gasteiger partial charge in [0.25, 0.3) is 15.9 Å². The fraction of sp³-hybridized carbons (Fsp3) is 0.423. The van der Waals surface area contributed by atoms with E-state index in [1.807, 2.05) is 30.3 Å². The van der Waals surface area contributed by atoms with Crippen LogP contribution in [0.2, 0.25) is 0 Å². The molecule has 2 aromatic heterocycles. The first-order valence-electron chi connectivity index (χ1n) is 12.0. The SMILES string of the molecule is Cc1cccc(C(=O)NC(Cc2ccccc2)C(O)CN(CC2CC2)S(=O)(=O)c2sc(C)nc2C)n1. The van der Waals surface area contributed by atoms with Crippen molar-refractivity contribution in [1.82, 2.24) is 19.6 Å². The van der Waals surface area contributed by atoms with Crippen LogP contribution in [0, 0.1) is 26.7 Å². The number of aliphatic hydroxyl groups excluding tert-OH is 1. The molecule has 0 aliphatic heterocycles. The van der Waals surface area contributed by atoms with Crippen molar-refractivity contribution in [3.63, 3.8) is 0 Å². The first-order chi connectivity index (χ1) is 17.1. The summed E-state index contributed by atoms with van der Waals surface area (Å²) in [5, 5.41) is 14.9. The number of benzene rings is 1. The van der Waals surface area contributed by atoms with E-state index in [1.165, 1.54) is 4.31 Å². The molecule has 192 valence electrons. The Labute approximate surface area is 216 Å². The van der Waals surface area contributed by atoms with Crippen LogP contribution in [-0.2, 0) is 16.4 Å². The Kier molecular flexibility index (Phi) is 8.19. The number of hydrogen-bond donors (Lipinski definition) is 2. The molecule has 4 rings (SSSR count). The van der Waals surface area contributed by atoms with Gasteiger partial charge >= 0.3 is 0 Å². The summed E-state index contributed by atoms with van der Waals surface area (Å²) in [4.78, 5) is 21.6. The fourth-order valence-electron chi connectivity index (χ4n) is 4.13. The van der Waals surface area contributed by atoms with Gasteiger partial charge < -0.3 is 10.4 Å². The number of aliphatic hydroxyl groups is 1. The molecule has 36 heavy (non-hydrogen) atoms. The van der Waals surface area contributed by atoms with Gasteiger partial charge in [-0.1, -0.05) is 36.4 Å². The van der Waals surface area contributed by atoms with E-state index in [1.54, 1.807) is 39.0 Å². The summed E-state index contributed by atoms with van der Waals surface area (Å²) < 4.78 is 28.8. The van der Waals surface area contributed by atoms with Crippen molar-refractivity contribution in [2.45, 2.75) is 56.4 Å². The molecule has 2 N–H and O–H groups in total. The molecule has 1 amide bonds. The highest BCUT2D eigenvalue weighted by Gasteiger charge is 2.37. The highest BCUT2D eigenvalue weighted by molar-refractivity contribution is 7.91. The lowest BCUT2D eigenvalue weighted by molar-refractivity contribution is 0.0776. The van der Waals surface area contributed by atoms with Crippen molar-refractivity contribution in [1.29, 1.82) is 0 Å². The van der Waals surface area contributed by atoms with Crippen LogP contribution in [0.4, 0.5) is 0 Å². The van der Waals surface area contributed by atoms with Crippen LogP contribution in [0.1, 0.15) is 45.3 Å². The second-order valence-electron chi connectivity index (χ2n) is 9.37. The number of carbonyl (C=O) groups excluding carboxylic acids is 1. The zero-order valence-corrected chi connectivity index (χ0v) is 22.3. The van der Waals surface area contributed by atoms with Crippen LogP contribution in [0.15, 0.2) is 52.7 Å². The van der Waals surface area contributed by atoms with Gasteiger partial charge in [-0.05, 0) is 63.6 Å². The van der Waals surface area contributed by atoms with Gasteiger partial charge in [-0.3, -0.25) is 4.79 Å². The summed E-state index contributed by atoms with van der Waals surface area (Å²) in [6.45, 7) is 5.48. The number of nitrogens with zero attached hydrogens (tertiary/aromatic N) is 3. The molecule has 0 radical (unpaired) electrons. The standard InChI is InChI=1S/C26H32N4O4S2/c1-17-8-7-11-22(27-17)25(32)29-23(14-20-9-5-4-6-10-20)24(31)16-30(15-21-12-13-21)36(33,34)26-18(2)28-19(3)35-26/h4-11,21,23-24,31H,12-16H2,1-3H3,(H,29,32). The Morgan fingerprint density at radius 3 is 2.44 bits per heavy atom. The van der Waals surface area contributed by atoms with Crippen LogP contribution in [0.25, 0.3) is 0 Å². The number of carbonyl (C=O) groups is 1. The Hall–Kier alpha value is -2.66. The summed E-state index contributed by atoms with van der Waals surface area (Å²) in [6.07, 6.45) is 1.13. The summed E-state index contributed by atoms with van der Waals surface area (Å²) in [5.41, 5.74) is 2.34. The van der Waals surface area contributed by atoms with Gasteiger partial charge in [0.05, 0.1) is 22.8 Å². The predicted octanol–water partition coefficient (Wildman–Crippen LogP) is 3.27. The van der Waals surface area contributed by atoms with Gasteiger partial charge in [0.1, 0.15) is 5.69 Å². The molecule has 0 spiro atoms. The quantitative estimate of drug-likeness (QED) is 0.395. The van der Waals surface area contributed by atoms with E-state index in [-0.39, 0.29) is 22.4 Å². The summed E-state index contributed by atoms with van der Waals surface area (Å²) in [6, 6.07) is 14.0. The monoisotopic (exact) mass is 528 g/mol. The molecule has 2 heterocycles. The number of rotatable bonds is 11. The molecule has 1 aliphatic carbocycles. The number of nitrogens with one attached hydrogen (secondary N) is 1. The lowest BCUT2D eigenvalue weighted by atomic mass is 10.0. The molecule has 1 aliphatic rings. The second kappa shape index (κ2) is 11.2. The Balaban J connectivity index is 1.59. The number of thiazole rings is 1. The van der Waals surface area contributed by atoms with E-state index >= 15 is 0 Å². The number of amides is 1. The van der Waals surface area contributed by atoms with E-state index in [4.69, 9.17) is 0 Å². The summed E-state index contributed by atoms with van der Waals surface area (Å²) in [5.74, 6) is -0.135. The van der Waals surface area contributed by atoms with E-state index in [9.17, 15) is 18.3 Å². The average Bonchev–Trinajstić information content (AvgIpc) is 3.59. The maximum atomic E-state index is 13.6. The van der Waals surface area contributed by atoms with Crippen molar-refractivity contribution < 1.29 is 18.3 Å². The van der Waals surface area contributed by atoms with Gasteiger partial charge in [-0.2, -0.15) is 4.31 Å². The lowest BCUT2D eigenvalue weighted by Crippen LogP contribution is -2.51. The van der Waals surface area contributed by atoms with Gasteiger partial charge in [-0.25, -0.2) is 18.4 Å². The fourth-order valence-corrected chi connectivity index (χ4v) is 7.28. The normalized spacial score (nSPS) is 15.6. The highest BCUT2D eigenvalue weighted by atomic mass is 32.2. The number of hydrogen-bond acceptors (Lipinski definition) is 7. The second-order valence-corrected chi connectivity index (χ2v) is 12.7. The molecular formula is C26H32N4O4S2. The third-order valence-electron chi connectivity index (χ3n) is 6.18. The van der Waals surface area contributed by atoms with Crippen molar-refractivity contribution in [2.75, 3.05) is 13.1 Å². The van der Waals surface area contributed by atoms with Gasteiger partial charge in [0.2, 0.25) is 0 Å². The molecule has 0 bridgehead atoms. The average molecular weight is 529 g/mol. The highest BCUT2D eigenvalue weighted by Crippen LogP contribution is 2.33. The maximum Gasteiger partial charge on any atom is 0.270 e. The van der Waals surface area contributed by atoms with Crippen LogP contribution >= 0.6 is 11.3 Å². The Morgan fingerprint density at radius 2 is 1.83 bits per heavy atom. The smallest absolute Gasteiger partial charge is 0.270 e. The number of pyridine rings is 1. The number of aromatic nitrogens is 2. The molecular weight excluding hydrogens is 496 g/mol. The Bertz CT molecular complexity index is 1310. The molecule has 8 nitrogen and oxygen atoms in total. The third kappa shape index (κ3) is 6.56. The molecule has 2 unspecified atom stereocenters. The summed E-state index contributed by atoms with van der Waals surface area (Å²) in [7, 11) is -3.85. The van der Waals surface area contributed by atoms with Gasteiger partial charge in [0, 0.05) is 18.8 Å². The molecule has 0 saturated heterocycles. The molecule has 1 saturated carbocycles. The maximum absolute atomic E-state index is 13.6. The minimum absolute atomic E-state index is 0.131. The van der Waals surface area contributed by atoms with Crippen LogP contribution < -0.4 is 5.32 Å². The molecule has 3 aromatic rings. The number of sulfonamides is 1. The Morgan fingerprint density at radius 1 is 1.11 bits per heavy atom. The minimum atomic E-state index is -3.85. The zero-order chi connectivity index (χ0) is 25.9. The van der Waals surface area contributed by atoms with Crippen molar-refractivity contribution in [3.05, 3.63) is 76.2 Å². The summed E-state index contributed by atoms with van der Waals surface area (Å²) >= 11 is 1.14. The largest absolute Gasteiger partial charge is 0.390 e. The molecule has 1 aromatic carbocycles. The van der Waals surface area contributed by atoms with E-state index in [0.29, 0.717) is 29.4 Å². The van der Waals surface area contributed by atoms with Crippen LogP contribution in [0.3, 0.4) is 0 Å². The first kappa shape index (κ1) is 26.4. The van der Waals surface area contributed by atoms with E-state index in [2.05, 4.69) is 15.3 Å². The molecule has 2 atom stereocenters. The molecule has 1 fully saturated rings. The molecule has 10 heteroatoms. The van der Waals surface area contributed by atoms with Crippen LogP contribution in [-0.4, -0.2) is 58.9 Å².